The normalized spacial score (nSPS) is 11.1. The third-order valence-corrected chi connectivity index (χ3v) is 1.51. The van der Waals surface area contributed by atoms with Crippen LogP contribution in [0.4, 0.5) is 5.69 Å². The Morgan fingerprint density at radius 3 is 2.18 bits per heavy atom. The summed E-state index contributed by atoms with van der Waals surface area (Å²) in [6.07, 6.45) is 1.47. The molecule has 0 heterocycles. The second kappa shape index (κ2) is 2.84. The van der Waals surface area contributed by atoms with Crippen LogP contribution in [0.25, 0.3) is 0 Å². The van der Waals surface area contributed by atoms with Crippen molar-refractivity contribution in [2.24, 2.45) is 11.7 Å². The number of nitrogens with two attached hydrogens (primary N) is 2. The van der Waals surface area contributed by atoms with Crippen molar-refractivity contribution >= 4 is 5.69 Å². The number of nitrogens with zero attached hydrogens (tertiary/aromatic N) is 1. The molecule has 0 amide bonds. The molecule has 1 rings (SSSR count). The van der Waals surface area contributed by atoms with E-state index < -0.39 is 0 Å². The summed E-state index contributed by atoms with van der Waals surface area (Å²) in [6.45, 7) is 3.53. The Morgan fingerprint density at radius 2 is 1.73 bits per heavy atom. The maximum absolute atomic E-state index is 5.63. The summed E-state index contributed by atoms with van der Waals surface area (Å²) in [5, 5.41) is 0. The van der Waals surface area contributed by atoms with Crippen molar-refractivity contribution in [3.05, 3.63) is 43.1 Å². The fourth-order valence-corrected chi connectivity index (χ4v) is 0.792. The van der Waals surface area contributed by atoms with E-state index in [2.05, 4.69) is 6.58 Å². The van der Waals surface area contributed by atoms with E-state index in [1.807, 2.05) is 30.3 Å². The highest BCUT2D eigenvalue weighted by atomic mass is 15.7. The first-order valence-corrected chi connectivity index (χ1v) is 3.32. The zero-order valence-electron chi connectivity index (χ0n) is 6.27. The van der Waals surface area contributed by atoms with Crippen LogP contribution in [0.2, 0.25) is 0 Å². The van der Waals surface area contributed by atoms with Gasteiger partial charge < -0.3 is 0 Å². The molecule has 0 spiro atoms. The number of rotatable bonds is 2. The first-order chi connectivity index (χ1) is 5.17. The molecule has 0 aliphatic carbocycles. The molecule has 0 aromatic heterocycles. The lowest BCUT2D eigenvalue weighted by Gasteiger charge is -2.19. The molecule has 0 atom stereocenters. The van der Waals surface area contributed by atoms with E-state index in [1.54, 1.807) is 0 Å². The predicted molar refractivity (Wildman–Crippen MR) is 46.8 cm³/mol. The van der Waals surface area contributed by atoms with Gasteiger partial charge in [0.1, 0.15) is 6.20 Å². The lowest BCUT2D eigenvalue weighted by Crippen LogP contribution is -2.57. The molecule has 11 heavy (non-hydrogen) atoms. The van der Waals surface area contributed by atoms with E-state index in [0.29, 0.717) is 0 Å². The number of benzene rings is 1. The molecule has 4 N–H and O–H groups in total. The van der Waals surface area contributed by atoms with Crippen LogP contribution >= 0.6 is 0 Å². The Balaban J connectivity index is 3.02. The minimum atomic E-state index is -0.277. The molecule has 3 nitrogen and oxygen atoms in total. The van der Waals surface area contributed by atoms with Crippen LogP contribution in [0.3, 0.4) is 0 Å². The molecule has 0 radical (unpaired) electrons. The zero-order valence-corrected chi connectivity index (χ0v) is 6.27. The third kappa shape index (κ3) is 1.65. The quantitative estimate of drug-likeness (QED) is 0.373. The van der Waals surface area contributed by atoms with Crippen molar-refractivity contribution in [3.63, 3.8) is 0 Å². The third-order valence-electron chi connectivity index (χ3n) is 1.51. The molecule has 0 unspecified atom stereocenters. The van der Waals surface area contributed by atoms with Gasteiger partial charge in [-0.15, -0.1) is 4.70 Å². The molecule has 1 aromatic carbocycles. The van der Waals surface area contributed by atoms with E-state index in [4.69, 9.17) is 11.7 Å². The van der Waals surface area contributed by atoms with Gasteiger partial charge in [0, 0.05) is 12.1 Å². The summed E-state index contributed by atoms with van der Waals surface area (Å²) < 4.78 is -0.277. The molecule has 0 fully saturated rings. The van der Waals surface area contributed by atoms with Crippen molar-refractivity contribution in [1.29, 1.82) is 0 Å². The fraction of sp³-hybridized carbons (Fsp3) is 0. The maximum Gasteiger partial charge on any atom is 0.176 e. The van der Waals surface area contributed by atoms with E-state index in [9.17, 15) is 0 Å². The fourth-order valence-electron chi connectivity index (χ4n) is 0.792. The highest BCUT2D eigenvalue weighted by Gasteiger charge is 2.15. The van der Waals surface area contributed by atoms with Crippen molar-refractivity contribution in [2.45, 2.75) is 0 Å². The van der Waals surface area contributed by atoms with Crippen LogP contribution in [-0.2, 0) is 0 Å². The minimum Gasteiger partial charge on any atom is -0.151 e. The number of hydrogen-bond acceptors (Lipinski definition) is 2. The maximum atomic E-state index is 5.63. The Labute approximate surface area is 66.1 Å². The van der Waals surface area contributed by atoms with E-state index >= 15 is 0 Å². The molecule has 0 bridgehead atoms. The second-order valence-corrected chi connectivity index (χ2v) is 2.35. The Kier molecular flexibility index (Phi) is 2.05. The number of para-hydroxylation sites is 1. The predicted octanol–water partition coefficient (Wildman–Crippen LogP) is 0.885. The first-order valence-electron chi connectivity index (χ1n) is 3.32. The second-order valence-electron chi connectivity index (χ2n) is 2.35. The summed E-state index contributed by atoms with van der Waals surface area (Å²) in [7, 11) is 0. The molecule has 3 heteroatoms. The van der Waals surface area contributed by atoms with Gasteiger partial charge in [-0.05, 0) is 6.58 Å². The van der Waals surface area contributed by atoms with Gasteiger partial charge in [-0.2, -0.15) is 11.7 Å². The summed E-state index contributed by atoms with van der Waals surface area (Å²) in [6, 6.07) is 9.37. The molecular weight excluding hydrogens is 138 g/mol. The first kappa shape index (κ1) is 7.94. The summed E-state index contributed by atoms with van der Waals surface area (Å²) in [5.74, 6) is 11.3. The van der Waals surface area contributed by atoms with Gasteiger partial charge in [0.15, 0.2) is 5.69 Å². The summed E-state index contributed by atoms with van der Waals surface area (Å²) in [4.78, 5) is 0. The van der Waals surface area contributed by atoms with Crippen LogP contribution in [0, 0.1) is 0 Å². The summed E-state index contributed by atoms with van der Waals surface area (Å²) in [5.41, 5.74) is 0.808. The molecule has 0 aliphatic rings. The van der Waals surface area contributed by atoms with Gasteiger partial charge in [0.2, 0.25) is 0 Å². The lowest BCUT2D eigenvalue weighted by molar-refractivity contribution is 0.404. The average Bonchev–Trinajstić information content (AvgIpc) is 2.06. The highest BCUT2D eigenvalue weighted by molar-refractivity contribution is 5.41. The number of hydrogen-bond donors (Lipinski definition) is 2. The van der Waals surface area contributed by atoms with E-state index in [0.717, 1.165) is 5.69 Å². The van der Waals surface area contributed by atoms with Gasteiger partial charge in [0.05, 0.1) is 0 Å². The van der Waals surface area contributed by atoms with Gasteiger partial charge >= 0.3 is 0 Å². The van der Waals surface area contributed by atoms with Crippen molar-refractivity contribution < 1.29 is 0 Å². The van der Waals surface area contributed by atoms with E-state index in [1.165, 1.54) is 6.20 Å². The largest absolute Gasteiger partial charge is 0.176 e. The standard InChI is InChI=1S/C8H12N3/c1-2-11(9,10)8-6-4-3-5-7-8/h2-7H,1,9-10H2/q+1. The number of quaternary nitrogens is 1. The monoisotopic (exact) mass is 150 g/mol. The van der Waals surface area contributed by atoms with E-state index in [-0.39, 0.29) is 4.70 Å². The Hall–Kier alpha value is -1.16. The smallest absolute Gasteiger partial charge is 0.151 e. The minimum absolute atomic E-state index is 0.277. The van der Waals surface area contributed by atoms with Crippen molar-refractivity contribution in [3.8, 4) is 0 Å². The molecule has 1 aromatic rings. The van der Waals surface area contributed by atoms with Crippen LogP contribution < -0.4 is 16.4 Å². The molecule has 0 saturated carbocycles. The van der Waals surface area contributed by atoms with Crippen LogP contribution in [0.5, 0.6) is 0 Å². The molecule has 58 valence electrons. The van der Waals surface area contributed by atoms with Crippen LogP contribution in [0.15, 0.2) is 43.1 Å². The average molecular weight is 150 g/mol. The van der Waals surface area contributed by atoms with Gasteiger partial charge in [-0.25, -0.2) is 0 Å². The van der Waals surface area contributed by atoms with Crippen molar-refractivity contribution in [2.75, 3.05) is 0 Å². The van der Waals surface area contributed by atoms with Gasteiger partial charge in [-0.1, -0.05) is 18.2 Å². The van der Waals surface area contributed by atoms with Gasteiger partial charge in [0.25, 0.3) is 0 Å². The SMILES string of the molecule is C=C[N+](N)(N)c1ccccc1. The van der Waals surface area contributed by atoms with Crippen molar-refractivity contribution in [1.82, 2.24) is 4.70 Å². The highest BCUT2D eigenvalue weighted by Crippen LogP contribution is 2.12. The van der Waals surface area contributed by atoms with Gasteiger partial charge in [-0.3, -0.25) is 0 Å². The molecular formula is C8H12N3+. The molecule has 0 saturated heterocycles. The lowest BCUT2D eigenvalue weighted by atomic mass is 10.3. The van der Waals surface area contributed by atoms with Crippen LogP contribution in [-0.4, -0.2) is 0 Å². The summed E-state index contributed by atoms with van der Waals surface area (Å²) >= 11 is 0. The van der Waals surface area contributed by atoms with Crippen LogP contribution in [0.1, 0.15) is 0 Å². The zero-order chi connectivity index (χ0) is 8.32. The molecule has 0 aliphatic heterocycles. The Bertz CT molecular complexity index is 241. The Morgan fingerprint density at radius 1 is 1.18 bits per heavy atom. The topological polar surface area (TPSA) is 52.0 Å².